The fraction of sp³-hybridized carbons (Fsp3) is 0.333. The van der Waals surface area contributed by atoms with Crippen molar-refractivity contribution in [3.8, 4) is 5.75 Å². The lowest BCUT2D eigenvalue weighted by atomic mass is 10.0. The Balaban J connectivity index is 3.09. The van der Waals surface area contributed by atoms with E-state index in [-0.39, 0.29) is 0 Å². The lowest BCUT2D eigenvalue weighted by Gasteiger charge is -2.10. The first-order valence-electron chi connectivity index (χ1n) is 4.86. The number of rotatable bonds is 4. The minimum atomic E-state index is 0.571. The molecule has 2 N–H and O–H groups in total. The van der Waals surface area contributed by atoms with Crippen LogP contribution >= 0.6 is 0 Å². The van der Waals surface area contributed by atoms with Gasteiger partial charge in [-0.2, -0.15) is 0 Å². The maximum atomic E-state index is 5.52. The highest BCUT2D eigenvalue weighted by Gasteiger charge is 2.04. The summed E-state index contributed by atoms with van der Waals surface area (Å²) in [6.07, 6.45) is 3.01. The van der Waals surface area contributed by atoms with Crippen LogP contribution in [0, 0.1) is 0 Å². The number of allylic oxidation sites excluding steroid dienone is 1. The number of methoxy groups -OCH3 is 1. The number of para-hydroxylation sites is 1. The zero-order valence-corrected chi connectivity index (χ0v) is 8.79. The average Bonchev–Trinajstić information content (AvgIpc) is 2.26. The summed E-state index contributed by atoms with van der Waals surface area (Å²) in [6, 6.07) is 8.01. The van der Waals surface area contributed by atoms with Gasteiger partial charge in [-0.05, 0) is 18.1 Å². The van der Waals surface area contributed by atoms with E-state index in [2.05, 4.69) is 13.0 Å². The molecule has 1 aromatic rings. The van der Waals surface area contributed by atoms with Crippen molar-refractivity contribution in [1.29, 1.82) is 0 Å². The van der Waals surface area contributed by atoms with Gasteiger partial charge in [-0.25, -0.2) is 0 Å². The molecule has 0 aliphatic carbocycles. The Labute approximate surface area is 85.4 Å². The Hall–Kier alpha value is -1.28. The number of hydrogen-bond donors (Lipinski definition) is 1. The highest BCUT2D eigenvalue weighted by molar-refractivity contribution is 5.70. The van der Waals surface area contributed by atoms with Crippen LogP contribution in [0.15, 0.2) is 30.3 Å². The monoisotopic (exact) mass is 191 g/mol. The first-order valence-corrected chi connectivity index (χ1v) is 4.86. The van der Waals surface area contributed by atoms with Gasteiger partial charge in [0, 0.05) is 12.1 Å². The first-order chi connectivity index (χ1) is 6.83. The van der Waals surface area contributed by atoms with Crippen LogP contribution in [-0.2, 0) is 0 Å². The molecule has 0 fully saturated rings. The molecule has 0 aliphatic rings. The molecule has 0 radical (unpaired) electrons. The second-order valence-corrected chi connectivity index (χ2v) is 3.02. The predicted molar refractivity (Wildman–Crippen MR) is 60.3 cm³/mol. The molecule has 0 saturated carbocycles. The lowest BCUT2D eigenvalue weighted by molar-refractivity contribution is 0.413. The maximum absolute atomic E-state index is 5.52. The van der Waals surface area contributed by atoms with Gasteiger partial charge in [0.15, 0.2) is 0 Å². The topological polar surface area (TPSA) is 35.2 Å². The lowest BCUT2D eigenvalue weighted by Crippen LogP contribution is -1.97. The van der Waals surface area contributed by atoms with Gasteiger partial charge in [0.05, 0.1) is 7.11 Å². The van der Waals surface area contributed by atoms with E-state index in [9.17, 15) is 0 Å². The summed E-state index contributed by atoms with van der Waals surface area (Å²) in [6.45, 7) is 2.69. The third-order valence-electron chi connectivity index (χ3n) is 2.20. The molecule has 0 heterocycles. The molecule has 14 heavy (non-hydrogen) atoms. The van der Waals surface area contributed by atoms with Crippen molar-refractivity contribution in [2.45, 2.75) is 13.3 Å². The van der Waals surface area contributed by atoms with Crippen LogP contribution in [0.4, 0.5) is 0 Å². The zero-order valence-electron chi connectivity index (χ0n) is 8.79. The van der Waals surface area contributed by atoms with Crippen LogP contribution in [0.1, 0.15) is 18.9 Å². The minimum absolute atomic E-state index is 0.571. The molecule has 0 spiro atoms. The van der Waals surface area contributed by atoms with Gasteiger partial charge in [0.25, 0.3) is 0 Å². The molecule has 1 rings (SSSR count). The van der Waals surface area contributed by atoms with E-state index < -0.39 is 0 Å². The average molecular weight is 191 g/mol. The summed E-state index contributed by atoms with van der Waals surface area (Å²) >= 11 is 0. The maximum Gasteiger partial charge on any atom is 0.126 e. The van der Waals surface area contributed by atoms with E-state index in [0.29, 0.717) is 6.54 Å². The first kappa shape index (κ1) is 10.8. The fourth-order valence-electron chi connectivity index (χ4n) is 1.50. The Morgan fingerprint density at radius 3 is 2.71 bits per heavy atom. The van der Waals surface area contributed by atoms with Crippen molar-refractivity contribution in [1.82, 2.24) is 0 Å². The van der Waals surface area contributed by atoms with Gasteiger partial charge in [-0.15, -0.1) is 0 Å². The number of hydrogen-bond acceptors (Lipinski definition) is 2. The smallest absolute Gasteiger partial charge is 0.126 e. The van der Waals surface area contributed by atoms with Crippen molar-refractivity contribution >= 4 is 5.57 Å². The van der Waals surface area contributed by atoms with E-state index in [0.717, 1.165) is 17.7 Å². The minimum Gasteiger partial charge on any atom is -0.496 e. The Morgan fingerprint density at radius 2 is 2.14 bits per heavy atom. The Morgan fingerprint density at radius 1 is 1.43 bits per heavy atom. The molecular weight excluding hydrogens is 174 g/mol. The van der Waals surface area contributed by atoms with Crippen LogP contribution in [0.25, 0.3) is 5.57 Å². The highest BCUT2D eigenvalue weighted by Crippen LogP contribution is 2.27. The normalized spacial score (nSPS) is 11.5. The molecule has 0 amide bonds. The molecule has 0 unspecified atom stereocenters. The summed E-state index contributed by atoms with van der Waals surface area (Å²) in [7, 11) is 1.69. The number of nitrogens with two attached hydrogens (primary N) is 1. The predicted octanol–water partition coefficient (Wildman–Crippen LogP) is 2.45. The highest BCUT2D eigenvalue weighted by atomic mass is 16.5. The molecule has 0 atom stereocenters. The third kappa shape index (κ3) is 2.36. The van der Waals surface area contributed by atoms with Gasteiger partial charge < -0.3 is 10.5 Å². The molecular formula is C12H17NO. The zero-order chi connectivity index (χ0) is 10.4. The van der Waals surface area contributed by atoms with Crippen molar-refractivity contribution < 1.29 is 4.74 Å². The Bertz CT molecular complexity index is 318. The van der Waals surface area contributed by atoms with Crippen molar-refractivity contribution in [3.05, 3.63) is 35.9 Å². The molecule has 2 heteroatoms. The molecule has 1 aromatic carbocycles. The number of ether oxygens (including phenoxy) is 1. The van der Waals surface area contributed by atoms with E-state index in [1.54, 1.807) is 7.11 Å². The van der Waals surface area contributed by atoms with Crippen molar-refractivity contribution in [2.75, 3.05) is 13.7 Å². The van der Waals surface area contributed by atoms with Gasteiger partial charge in [-0.1, -0.05) is 31.2 Å². The van der Waals surface area contributed by atoms with E-state index >= 15 is 0 Å². The van der Waals surface area contributed by atoms with E-state index in [1.807, 2.05) is 24.3 Å². The summed E-state index contributed by atoms with van der Waals surface area (Å²) < 4.78 is 5.29. The molecule has 0 saturated heterocycles. The van der Waals surface area contributed by atoms with Gasteiger partial charge in [0.1, 0.15) is 5.75 Å². The van der Waals surface area contributed by atoms with Gasteiger partial charge >= 0.3 is 0 Å². The van der Waals surface area contributed by atoms with Crippen LogP contribution in [0.5, 0.6) is 5.75 Å². The second-order valence-electron chi connectivity index (χ2n) is 3.02. The number of benzene rings is 1. The summed E-state index contributed by atoms with van der Waals surface area (Å²) in [5, 5.41) is 0. The Kier molecular flexibility index (Phi) is 4.20. The van der Waals surface area contributed by atoms with Crippen LogP contribution in [-0.4, -0.2) is 13.7 Å². The van der Waals surface area contributed by atoms with Crippen molar-refractivity contribution in [2.24, 2.45) is 5.73 Å². The largest absolute Gasteiger partial charge is 0.496 e. The molecule has 0 aromatic heterocycles. The van der Waals surface area contributed by atoms with Crippen LogP contribution < -0.4 is 10.5 Å². The third-order valence-corrected chi connectivity index (χ3v) is 2.20. The summed E-state index contributed by atoms with van der Waals surface area (Å²) in [5.74, 6) is 0.911. The van der Waals surface area contributed by atoms with Gasteiger partial charge in [-0.3, -0.25) is 0 Å². The van der Waals surface area contributed by atoms with Crippen LogP contribution in [0.2, 0.25) is 0 Å². The standard InChI is InChI=1S/C12H17NO/c1-3-10(8-9-13)11-6-4-5-7-12(11)14-2/h4-8H,3,9,13H2,1-2H3/b10-8-. The summed E-state index contributed by atoms with van der Waals surface area (Å²) in [4.78, 5) is 0. The van der Waals surface area contributed by atoms with Crippen LogP contribution in [0.3, 0.4) is 0 Å². The molecule has 0 aliphatic heterocycles. The molecule has 76 valence electrons. The fourth-order valence-corrected chi connectivity index (χ4v) is 1.50. The SMILES string of the molecule is CC/C(=C/CN)c1ccccc1OC. The van der Waals surface area contributed by atoms with Gasteiger partial charge in [0.2, 0.25) is 0 Å². The van der Waals surface area contributed by atoms with E-state index in [1.165, 1.54) is 5.57 Å². The van der Waals surface area contributed by atoms with E-state index in [4.69, 9.17) is 10.5 Å². The molecule has 2 nitrogen and oxygen atoms in total. The molecule has 0 bridgehead atoms. The second kappa shape index (κ2) is 5.45. The quantitative estimate of drug-likeness (QED) is 0.793. The van der Waals surface area contributed by atoms with Crippen molar-refractivity contribution in [3.63, 3.8) is 0 Å². The summed E-state index contributed by atoms with van der Waals surface area (Å²) in [5.41, 5.74) is 7.90.